The minimum Gasteiger partial charge on any atom is -0.464 e. The van der Waals surface area contributed by atoms with Crippen molar-refractivity contribution in [3.05, 3.63) is 23.7 Å². The average Bonchev–Trinajstić information content (AvgIpc) is 2.87. The lowest BCUT2D eigenvalue weighted by Crippen LogP contribution is -2.31. The highest BCUT2D eigenvalue weighted by Gasteiger charge is 2.24. The first-order valence-electron chi connectivity index (χ1n) is 6.03. The van der Waals surface area contributed by atoms with Gasteiger partial charge in [0.1, 0.15) is 11.5 Å². The lowest BCUT2D eigenvalue weighted by atomic mass is 10.1. The minimum absolute atomic E-state index is 0.0261. The summed E-state index contributed by atoms with van der Waals surface area (Å²) in [6, 6.07) is 3.82. The van der Waals surface area contributed by atoms with Crippen LogP contribution >= 0.6 is 0 Å². The van der Waals surface area contributed by atoms with Gasteiger partial charge in [0.2, 0.25) is 5.91 Å². The molecule has 16 heavy (non-hydrogen) atoms. The Labute approximate surface area is 96.2 Å². The maximum Gasteiger partial charge on any atom is 0.223 e. The molecule has 0 bridgehead atoms. The quantitative estimate of drug-likeness (QED) is 0.852. The molecule has 1 aromatic rings. The third kappa shape index (κ3) is 2.46. The first-order valence-corrected chi connectivity index (χ1v) is 6.03. The van der Waals surface area contributed by atoms with Gasteiger partial charge in [-0.1, -0.05) is 12.8 Å². The number of hydrogen-bond acceptors (Lipinski definition) is 2. The van der Waals surface area contributed by atoms with Crippen LogP contribution in [0.5, 0.6) is 0 Å². The number of carbonyl (C=O) groups excluding carboxylic acids is 1. The van der Waals surface area contributed by atoms with E-state index in [1.165, 1.54) is 12.8 Å². The number of amides is 1. The van der Waals surface area contributed by atoms with Crippen LogP contribution < -0.4 is 5.32 Å². The summed E-state index contributed by atoms with van der Waals surface area (Å²) in [6.45, 7) is 3.88. The van der Waals surface area contributed by atoms with Crippen LogP contribution in [0, 0.1) is 12.8 Å². The first-order chi connectivity index (χ1) is 7.66. The van der Waals surface area contributed by atoms with Crippen molar-refractivity contribution in [2.75, 3.05) is 0 Å². The predicted octanol–water partition coefficient (Wildman–Crippen LogP) is 2.96. The molecule has 2 rings (SSSR count). The lowest BCUT2D eigenvalue weighted by molar-refractivity contribution is -0.125. The highest BCUT2D eigenvalue weighted by Crippen LogP contribution is 2.26. The van der Waals surface area contributed by atoms with Crippen LogP contribution in [-0.2, 0) is 4.79 Å². The van der Waals surface area contributed by atoms with Crippen molar-refractivity contribution < 1.29 is 9.21 Å². The summed E-state index contributed by atoms with van der Waals surface area (Å²) >= 11 is 0. The molecule has 1 N–H and O–H groups in total. The summed E-state index contributed by atoms with van der Waals surface area (Å²) in [4.78, 5) is 11.9. The molecule has 0 aromatic carbocycles. The van der Waals surface area contributed by atoms with Gasteiger partial charge < -0.3 is 9.73 Å². The number of carbonyl (C=O) groups is 1. The maximum atomic E-state index is 11.9. The molecule has 0 radical (unpaired) electrons. The summed E-state index contributed by atoms with van der Waals surface area (Å²) in [5.74, 6) is 2.12. The third-order valence-corrected chi connectivity index (χ3v) is 3.27. The van der Waals surface area contributed by atoms with E-state index in [0.717, 1.165) is 24.4 Å². The van der Waals surface area contributed by atoms with Crippen molar-refractivity contribution in [1.29, 1.82) is 0 Å². The van der Waals surface area contributed by atoms with Gasteiger partial charge in [0.05, 0.1) is 6.04 Å². The van der Waals surface area contributed by atoms with E-state index in [1.54, 1.807) is 0 Å². The van der Waals surface area contributed by atoms with Gasteiger partial charge in [-0.15, -0.1) is 0 Å². The van der Waals surface area contributed by atoms with Crippen molar-refractivity contribution in [3.63, 3.8) is 0 Å². The zero-order valence-corrected chi connectivity index (χ0v) is 9.95. The van der Waals surface area contributed by atoms with Gasteiger partial charge in [-0.05, 0) is 38.8 Å². The van der Waals surface area contributed by atoms with Gasteiger partial charge in [0.25, 0.3) is 0 Å². The zero-order chi connectivity index (χ0) is 11.5. The van der Waals surface area contributed by atoms with Crippen LogP contribution in [0.3, 0.4) is 0 Å². The van der Waals surface area contributed by atoms with Gasteiger partial charge in [0, 0.05) is 5.92 Å². The second-order valence-corrected chi connectivity index (χ2v) is 4.66. The SMILES string of the molecule is Cc1ccc(C(C)NC(=O)C2CCCC2)o1. The monoisotopic (exact) mass is 221 g/mol. The highest BCUT2D eigenvalue weighted by molar-refractivity contribution is 5.79. The molecule has 3 heteroatoms. The van der Waals surface area contributed by atoms with Gasteiger partial charge in [-0.25, -0.2) is 0 Å². The first kappa shape index (κ1) is 11.2. The van der Waals surface area contributed by atoms with E-state index in [0.29, 0.717) is 0 Å². The van der Waals surface area contributed by atoms with E-state index < -0.39 is 0 Å². The fourth-order valence-corrected chi connectivity index (χ4v) is 2.28. The van der Waals surface area contributed by atoms with E-state index in [9.17, 15) is 4.79 Å². The smallest absolute Gasteiger partial charge is 0.223 e. The van der Waals surface area contributed by atoms with Crippen LogP contribution in [-0.4, -0.2) is 5.91 Å². The van der Waals surface area contributed by atoms with Crippen LogP contribution in [0.25, 0.3) is 0 Å². The zero-order valence-electron chi connectivity index (χ0n) is 9.95. The Morgan fingerprint density at radius 1 is 1.44 bits per heavy atom. The van der Waals surface area contributed by atoms with Crippen molar-refractivity contribution in [2.45, 2.75) is 45.6 Å². The molecule has 0 aliphatic heterocycles. The van der Waals surface area contributed by atoms with Gasteiger partial charge in [-0.3, -0.25) is 4.79 Å². The summed E-state index contributed by atoms with van der Waals surface area (Å²) in [5.41, 5.74) is 0. The maximum absolute atomic E-state index is 11.9. The topological polar surface area (TPSA) is 42.2 Å². The Kier molecular flexibility index (Phi) is 3.32. The van der Waals surface area contributed by atoms with Crippen molar-refractivity contribution in [2.24, 2.45) is 5.92 Å². The molecule has 1 unspecified atom stereocenters. The van der Waals surface area contributed by atoms with Gasteiger partial charge in [0.15, 0.2) is 0 Å². The van der Waals surface area contributed by atoms with Crippen molar-refractivity contribution >= 4 is 5.91 Å². The molecule has 1 aliphatic rings. The number of aryl methyl sites for hydroxylation is 1. The molecule has 1 amide bonds. The summed E-state index contributed by atoms with van der Waals surface area (Å²) < 4.78 is 5.49. The largest absolute Gasteiger partial charge is 0.464 e. The summed E-state index contributed by atoms with van der Waals surface area (Å²) in [7, 11) is 0. The van der Waals surface area contributed by atoms with Crippen LogP contribution in [0.2, 0.25) is 0 Å². The number of rotatable bonds is 3. The molecule has 1 saturated carbocycles. The predicted molar refractivity (Wildman–Crippen MR) is 62.0 cm³/mol. The second kappa shape index (κ2) is 4.73. The van der Waals surface area contributed by atoms with E-state index in [2.05, 4.69) is 5.32 Å². The fraction of sp³-hybridized carbons (Fsp3) is 0.615. The van der Waals surface area contributed by atoms with E-state index in [-0.39, 0.29) is 17.9 Å². The molecule has 1 fully saturated rings. The normalized spacial score (nSPS) is 18.6. The third-order valence-electron chi connectivity index (χ3n) is 3.27. The molecule has 1 aliphatic carbocycles. The Hall–Kier alpha value is -1.25. The summed E-state index contributed by atoms with van der Waals surface area (Å²) in [5, 5.41) is 3.02. The Morgan fingerprint density at radius 3 is 2.69 bits per heavy atom. The molecule has 3 nitrogen and oxygen atoms in total. The molecule has 0 saturated heterocycles. The van der Waals surface area contributed by atoms with Gasteiger partial charge >= 0.3 is 0 Å². The molecule has 88 valence electrons. The van der Waals surface area contributed by atoms with E-state index >= 15 is 0 Å². The average molecular weight is 221 g/mol. The van der Waals surface area contributed by atoms with E-state index in [4.69, 9.17) is 4.42 Å². The van der Waals surface area contributed by atoms with E-state index in [1.807, 2.05) is 26.0 Å². The van der Waals surface area contributed by atoms with Crippen LogP contribution in [0.4, 0.5) is 0 Å². The molecule has 1 atom stereocenters. The standard InChI is InChI=1S/C13H19NO2/c1-9-7-8-12(16-9)10(2)14-13(15)11-5-3-4-6-11/h7-8,10-11H,3-6H2,1-2H3,(H,14,15). The highest BCUT2D eigenvalue weighted by atomic mass is 16.3. The fourth-order valence-electron chi connectivity index (χ4n) is 2.28. The Morgan fingerprint density at radius 2 is 2.12 bits per heavy atom. The lowest BCUT2D eigenvalue weighted by Gasteiger charge is -2.15. The van der Waals surface area contributed by atoms with Crippen molar-refractivity contribution in [3.8, 4) is 0 Å². The summed E-state index contributed by atoms with van der Waals surface area (Å²) in [6.07, 6.45) is 4.45. The Bertz CT molecular complexity index is 364. The number of hydrogen-bond donors (Lipinski definition) is 1. The van der Waals surface area contributed by atoms with Crippen LogP contribution in [0.1, 0.15) is 50.2 Å². The molecule has 1 heterocycles. The molecule has 1 aromatic heterocycles. The second-order valence-electron chi connectivity index (χ2n) is 4.66. The van der Waals surface area contributed by atoms with Crippen LogP contribution in [0.15, 0.2) is 16.5 Å². The number of nitrogens with one attached hydrogen (secondary N) is 1. The number of furan rings is 1. The molecule has 0 spiro atoms. The molecular formula is C13H19NO2. The molecular weight excluding hydrogens is 202 g/mol. The minimum atomic E-state index is -0.0261. The Balaban J connectivity index is 1.91. The van der Waals surface area contributed by atoms with Gasteiger partial charge in [-0.2, -0.15) is 0 Å². The van der Waals surface area contributed by atoms with Crippen molar-refractivity contribution in [1.82, 2.24) is 5.32 Å².